The van der Waals surface area contributed by atoms with E-state index in [1.54, 1.807) is 29.5 Å². The largest absolute Gasteiger partial charge is 0.338 e. The van der Waals surface area contributed by atoms with Crippen LogP contribution in [0.25, 0.3) is 11.3 Å². The first-order valence-electron chi connectivity index (χ1n) is 9.69. The van der Waals surface area contributed by atoms with Crippen molar-refractivity contribution in [3.05, 3.63) is 57.7 Å². The van der Waals surface area contributed by atoms with Crippen LogP contribution < -0.4 is 0 Å². The second-order valence-corrected chi connectivity index (χ2v) is 8.20. The van der Waals surface area contributed by atoms with E-state index in [2.05, 4.69) is 22.4 Å². The third-order valence-corrected chi connectivity index (χ3v) is 6.29. The molecule has 152 valence electrons. The number of halogens is 2. The summed E-state index contributed by atoms with van der Waals surface area (Å²) in [5.74, 6) is -1.37. The lowest BCUT2D eigenvalue weighted by atomic mass is 9.97. The predicted octanol–water partition coefficient (Wildman–Crippen LogP) is 4.40. The van der Waals surface area contributed by atoms with Gasteiger partial charge in [-0.25, -0.2) is 13.8 Å². The molecule has 1 aliphatic heterocycles. The molecule has 5 nitrogen and oxygen atoms in total. The van der Waals surface area contributed by atoms with Crippen LogP contribution in [0.15, 0.2) is 29.8 Å². The summed E-state index contributed by atoms with van der Waals surface area (Å²) in [4.78, 5) is 19.8. The first-order valence-corrected chi connectivity index (χ1v) is 10.6. The first-order chi connectivity index (χ1) is 14.0. The third kappa shape index (κ3) is 3.94. The fourth-order valence-electron chi connectivity index (χ4n) is 3.73. The van der Waals surface area contributed by atoms with Gasteiger partial charge in [0.25, 0.3) is 5.91 Å². The molecule has 1 amide bonds. The van der Waals surface area contributed by atoms with Crippen LogP contribution in [0.1, 0.15) is 46.7 Å². The number of rotatable bonds is 4. The summed E-state index contributed by atoms with van der Waals surface area (Å²) in [6.07, 6.45) is 4.38. The zero-order chi connectivity index (χ0) is 20.5. The van der Waals surface area contributed by atoms with Crippen LogP contribution >= 0.6 is 11.3 Å². The van der Waals surface area contributed by atoms with Gasteiger partial charge in [-0.05, 0) is 31.4 Å². The van der Waals surface area contributed by atoms with Crippen LogP contribution in [0.4, 0.5) is 8.78 Å². The number of piperidine rings is 1. The smallest absolute Gasteiger partial charge is 0.257 e. The molecule has 0 aliphatic carbocycles. The van der Waals surface area contributed by atoms with Gasteiger partial charge in [-0.1, -0.05) is 6.92 Å². The Morgan fingerprint density at radius 3 is 2.90 bits per heavy atom. The molecule has 8 heteroatoms. The Morgan fingerprint density at radius 2 is 2.17 bits per heavy atom. The molecule has 3 aromatic rings. The fourth-order valence-corrected chi connectivity index (χ4v) is 4.76. The molecular weight excluding hydrogens is 394 g/mol. The van der Waals surface area contributed by atoms with E-state index < -0.39 is 11.6 Å². The Morgan fingerprint density at radius 1 is 1.34 bits per heavy atom. The van der Waals surface area contributed by atoms with Gasteiger partial charge in [0.1, 0.15) is 17.3 Å². The maximum atomic E-state index is 14.3. The van der Waals surface area contributed by atoms with Gasteiger partial charge >= 0.3 is 0 Å². The van der Waals surface area contributed by atoms with Gasteiger partial charge in [0, 0.05) is 49.3 Å². The Balaban J connectivity index is 1.61. The molecule has 1 aromatic carbocycles. The van der Waals surface area contributed by atoms with Crippen molar-refractivity contribution in [2.24, 2.45) is 7.05 Å². The molecule has 1 aliphatic rings. The first kappa shape index (κ1) is 19.7. The van der Waals surface area contributed by atoms with Gasteiger partial charge in [-0.15, -0.1) is 11.3 Å². The third-order valence-electron chi connectivity index (χ3n) is 5.24. The van der Waals surface area contributed by atoms with Crippen LogP contribution in [0, 0.1) is 11.6 Å². The van der Waals surface area contributed by atoms with Gasteiger partial charge < -0.3 is 4.90 Å². The number of benzene rings is 1. The second kappa shape index (κ2) is 8.02. The Labute approximate surface area is 172 Å². The highest BCUT2D eigenvalue weighted by Crippen LogP contribution is 2.32. The number of hydrogen-bond acceptors (Lipinski definition) is 4. The van der Waals surface area contributed by atoms with Crippen molar-refractivity contribution < 1.29 is 13.6 Å². The standard InChI is InChI=1S/C21H22F2N4OS/c1-3-15-12-29-20(24-15)13-5-4-8-27(10-13)21(28)17-11-26(2)25-19(17)16-7-6-14(22)9-18(16)23/h6-7,9,11-13H,3-5,8,10H2,1-2H3. The van der Waals surface area contributed by atoms with Crippen LogP contribution in [0.2, 0.25) is 0 Å². The molecule has 1 unspecified atom stereocenters. The maximum absolute atomic E-state index is 14.3. The van der Waals surface area contributed by atoms with E-state index in [9.17, 15) is 13.6 Å². The minimum atomic E-state index is -0.732. The summed E-state index contributed by atoms with van der Waals surface area (Å²) in [6, 6.07) is 3.31. The Kier molecular flexibility index (Phi) is 5.45. The van der Waals surface area contributed by atoms with Gasteiger partial charge in [-0.3, -0.25) is 9.48 Å². The van der Waals surface area contributed by atoms with Crippen molar-refractivity contribution >= 4 is 17.2 Å². The lowest BCUT2D eigenvalue weighted by Crippen LogP contribution is -2.39. The molecule has 1 atom stereocenters. The van der Waals surface area contributed by atoms with Crippen molar-refractivity contribution in [1.29, 1.82) is 0 Å². The fraction of sp³-hybridized carbons (Fsp3) is 0.381. The molecule has 1 saturated heterocycles. The lowest BCUT2D eigenvalue weighted by molar-refractivity contribution is 0.0707. The Hall–Kier alpha value is -2.61. The van der Waals surface area contributed by atoms with Gasteiger partial charge in [0.2, 0.25) is 0 Å². The summed E-state index contributed by atoms with van der Waals surface area (Å²) in [6.45, 7) is 3.30. The van der Waals surface area contributed by atoms with E-state index in [0.29, 0.717) is 18.7 Å². The number of likely N-dealkylation sites (tertiary alicyclic amines) is 1. The average Bonchev–Trinajstić information content (AvgIpc) is 3.34. The quantitative estimate of drug-likeness (QED) is 0.633. The topological polar surface area (TPSA) is 51.0 Å². The summed E-state index contributed by atoms with van der Waals surface area (Å²) < 4.78 is 29.1. The Bertz CT molecular complexity index is 1050. The number of aryl methyl sites for hydroxylation is 2. The van der Waals surface area contributed by atoms with E-state index >= 15 is 0 Å². The number of thiazole rings is 1. The van der Waals surface area contributed by atoms with Crippen molar-refractivity contribution in [3.8, 4) is 11.3 Å². The second-order valence-electron chi connectivity index (χ2n) is 7.31. The summed E-state index contributed by atoms with van der Waals surface area (Å²) in [5, 5.41) is 7.42. The van der Waals surface area contributed by atoms with Gasteiger partial charge in [0.05, 0.1) is 16.3 Å². The molecule has 2 aromatic heterocycles. The van der Waals surface area contributed by atoms with Crippen molar-refractivity contribution in [2.75, 3.05) is 13.1 Å². The van der Waals surface area contributed by atoms with Crippen molar-refractivity contribution in [3.63, 3.8) is 0 Å². The molecule has 29 heavy (non-hydrogen) atoms. The molecule has 0 spiro atoms. The minimum absolute atomic E-state index is 0.122. The average molecular weight is 416 g/mol. The SMILES string of the molecule is CCc1csc(C2CCCN(C(=O)c3cn(C)nc3-c3ccc(F)cc3F)C2)n1. The summed E-state index contributed by atoms with van der Waals surface area (Å²) in [5.41, 5.74) is 1.76. The number of carbonyl (C=O) groups is 1. The molecule has 0 radical (unpaired) electrons. The molecule has 0 N–H and O–H groups in total. The summed E-state index contributed by atoms with van der Waals surface area (Å²) >= 11 is 1.65. The molecule has 1 fully saturated rings. The van der Waals surface area contributed by atoms with E-state index in [0.717, 1.165) is 36.0 Å². The molecule has 4 rings (SSSR count). The molecule has 0 saturated carbocycles. The lowest BCUT2D eigenvalue weighted by Gasteiger charge is -2.31. The number of carbonyl (C=O) groups excluding carboxylic acids is 1. The number of aromatic nitrogens is 3. The van der Waals surface area contributed by atoms with Crippen LogP contribution in [-0.4, -0.2) is 38.7 Å². The molecule has 3 heterocycles. The minimum Gasteiger partial charge on any atom is -0.338 e. The predicted molar refractivity (Wildman–Crippen MR) is 108 cm³/mol. The van der Waals surface area contributed by atoms with E-state index in [4.69, 9.17) is 0 Å². The van der Waals surface area contributed by atoms with Crippen LogP contribution in [0.5, 0.6) is 0 Å². The van der Waals surface area contributed by atoms with E-state index in [1.807, 2.05) is 0 Å². The number of nitrogens with zero attached hydrogens (tertiary/aromatic N) is 4. The van der Waals surface area contributed by atoms with Gasteiger partial charge in [0.15, 0.2) is 0 Å². The number of hydrogen-bond donors (Lipinski definition) is 0. The maximum Gasteiger partial charge on any atom is 0.257 e. The monoisotopic (exact) mass is 416 g/mol. The highest BCUT2D eigenvalue weighted by molar-refractivity contribution is 7.09. The van der Waals surface area contributed by atoms with Gasteiger partial charge in [-0.2, -0.15) is 5.10 Å². The zero-order valence-corrected chi connectivity index (χ0v) is 17.2. The summed E-state index contributed by atoms with van der Waals surface area (Å²) in [7, 11) is 1.68. The highest BCUT2D eigenvalue weighted by Gasteiger charge is 2.30. The van der Waals surface area contributed by atoms with E-state index in [-0.39, 0.29) is 23.1 Å². The molecule has 0 bridgehead atoms. The van der Waals surface area contributed by atoms with Crippen molar-refractivity contribution in [2.45, 2.75) is 32.1 Å². The van der Waals surface area contributed by atoms with Crippen LogP contribution in [-0.2, 0) is 13.5 Å². The van der Waals surface area contributed by atoms with Crippen LogP contribution in [0.3, 0.4) is 0 Å². The van der Waals surface area contributed by atoms with E-state index in [1.165, 1.54) is 16.8 Å². The normalized spacial score (nSPS) is 17.0. The number of amides is 1. The van der Waals surface area contributed by atoms with Crippen molar-refractivity contribution in [1.82, 2.24) is 19.7 Å². The zero-order valence-electron chi connectivity index (χ0n) is 16.4. The highest BCUT2D eigenvalue weighted by atomic mass is 32.1. The molecular formula is C21H22F2N4OS.